The Kier molecular flexibility index (Phi) is 20.1. The topological polar surface area (TPSA) is 176 Å². The third-order valence-electron chi connectivity index (χ3n) is 4.98. The normalized spacial score (nSPS) is 12.5. The summed E-state index contributed by atoms with van der Waals surface area (Å²) in [5.74, 6) is -1.49. The Labute approximate surface area is 248 Å². The van der Waals surface area contributed by atoms with Crippen LogP contribution in [0.3, 0.4) is 0 Å². The summed E-state index contributed by atoms with van der Waals surface area (Å²) in [5, 5.41) is 13.5. The molecule has 3 N–H and O–H groups in total. The molecule has 0 spiro atoms. The molecule has 0 aromatic heterocycles. The molecule has 0 fully saturated rings. The van der Waals surface area contributed by atoms with Gasteiger partial charge in [-0.15, -0.1) is 0 Å². The average Bonchev–Trinajstić information content (AvgIpc) is 2.85. The van der Waals surface area contributed by atoms with E-state index in [-0.39, 0.29) is 35.7 Å². The van der Waals surface area contributed by atoms with Crippen molar-refractivity contribution in [1.82, 2.24) is 10.6 Å². The fraction of sp³-hybridized carbons (Fsp3) is 0.621. The fourth-order valence-corrected chi connectivity index (χ4v) is 3.05. The SMILES string of the molecule is C=C(C)C(=O)OC(C)OC(=O)NCCC(C)CC(C)(C)CNC(=O)OC(C)OC(=O)C(=C)C.C=C(C)C(=O)OCCO. The third-order valence-corrected chi connectivity index (χ3v) is 4.98. The first kappa shape index (κ1) is 40.3. The predicted octanol–water partition coefficient (Wildman–Crippen LogP) is 3.91. The number of aliphatic hydroxyl groups excluding tert-OH is 1. The molecule has 13 heteroatoms. The van der Waals surface area contributed by atoms with Gasteiger partial charge in [-0.25, -0.2) is 24.0 Å². The number of aliphatic hydroxyl groups is 1. The Morgan fingerprint density at radius 3 is 1.57 bits per heavy atom. The number of hydrogen-bond donors (Lipinski definition) is 3. The molecule has 0 radical (unpaired) electrons. The Bertz CT molecular complexity index is 959. The van der Waals surface area contributed by atoms with Gasteiger partial charge in [-0.1, -0.05) is 40.5 Å². The lowest BCUT2D eigenvalue weighted by Crippen LogP contribution is -2.37. The molecule has 240 valence electrons. The summed E-state index contributed by atoms with van der Waals surface area (Å²) in [5.41, 5.74) is 0.528. The predicted molar refractivity (Wildman–Crippen MR) is 155 cm³/mol. The second-order valence-electron chi connectivity index (χ2n) is 10.5. The Hall–Kier alpha value is -3.87. The second-order valence-corrected chi connectivity index (χ2v) is 10.5. The highest BCUT2D eigenvalue weighted by molar-refractivity contribution is 5.87. The number of carbonyl (C=O) groups excluding carboxylic acids is 5. The van der Waals surface area contributed by atoms with Crippen LogP contribution in [-0.4, -0.2) is 74.1 Å². The molecule has 3 atom stereocenters. The summed E-state index contributed by atoms with van der Waals surface area (Å²) in [6.07, 6.45) is -2.00. The number of alkyl carbamates (subject to hydrolysis) is 2. The monoisotopic (exact) mass is 600 g/mol. The van der Waals surface area contributed by atoms with Crippen LogP contribution in [0.25, 0.3) is 0 Å². The zero-order valence-electron chi connectivity index (χ0n) is 26.1. The summed E-state index contributed by atoms with van der Waals surface area (Å²) in [6.45, 7) is 24.3. The lowest BCUT2D eigenvalue weighted by molar-refractivity contribution is -0.161. The van der Waals surface area contributed by atoms with Crippen LogP contribution in [0.2, 0.25) is 0 Å². The highest BCUT2D eigenvalue weighted by atomic mass is 16.7. The first-order valence-electron chi connectivity index (χ1n) is 13.4. The summed E-state index contributed by atoms with van der Waals surface area (Å²) < 4.78 is 24.2. The summed E-state index contributed by atoms with van der Waals surface area (Å²) in [4.78, 5) is 57.0. The maximum Gasteiger partial charge on any atom is 0.410 e. The summed E-state index contributed by atoms with van der Waals surface area (Å²) in [6, 6.07) is 0. The van der Waals surface area contributed by atoms with Crippen molar-refractivity contribution < 1.29 is 52.8 Å². The number of hydrogen-bond acceptors (Lipinski definition) is 11. The molecular formula is C29H48N2O11. The molecule has 3 unspecified atom stereocenters. The van der Waals surface area contributed by atoms with E-state index in [1.165, 1.54) is 27.7 Å². The lowest BCUT2D eigenvalue weighted by Gasteiger charge is -2.28. The van der Waals surface area contributed by atoms with Gasteiger partial charge in [0.1, 0.15) is 6.61 Å². The van der Waals surface area contributed by atoms with Crippen LogP contribution in [-0.2, 0) is 38.1 Å². The van der Waals surface area contributed by atoms with Crippen LogP contribution in [0.4, 0.5) is 9.59 Å². The third kappa shape index (κ3) is 21.9. The number of carbonyl (C=O) groups is 5. The first-order valence-corrected chi connectivity index (χ1v) is 13.4. The van der Waals surface area contributed by atoms with E-state index in [1.807, 2.05) is 20.8 Å². The number of ether oxygens (including phenoxy) is 5. The Balaban J connectivity index is 0. The molecule has 0 aliphatic carbocycles. The van der Waals surface area contributed by atoms with Crippen LogP contribution in [0, 0.1) is 11.3 Å². The largest absolute Gasteiger partial charge is 0.460 e. The van der Waals surface area contributed by atoms with Crippen molar-refractivity contribution in [3.8, 4) is 0 Å². The molecule has 0 aliphatic rings. The van der Waals surface area contributed by atoms with Gasteiger partial charge in [0.25, 0.3) is 0 Å². The molecule has 0 saturated heterocycles. The highest BCUT2D eigenvalue weighted by Gasteiger charge is 2.23. The molecule has 13 nitrogen and oxygen atoms in total. The van der Waals surface area contributed by atoms with E-state index >= 15 is 0 Å². The van der Waals surface area contributed by atoms with E-state index in [0.29, 0.717) is 25.1 Å². The molecule has 42 heavy (non-hydrogen) atoms. The van der Waals surface area contributed by atoms with Gasteiger partial charge < -0.3 is 39.4 Å². The number of amides is 2. The molecule has 2 amide bonds. The van der Waals surface area contributed by atoms with Crippen molar-refractivity contribution in [3.05, 3.63) is 36.5 Å². The Morgan fingerprint density at radius 2 is 1.17 bits per heavy atom. The van der Waals surface area contributed by atoms with Crippen molar-refractivity contribution in [2.45, 2.75) is 80.8 Å². The fourth-order valence-electron chi connectivity index (χ4n) is 3.05. The zero-order valence-corrected chi connectivity index (χ0v) is 26.1. The summed E-state index contributed by atoms with van der Waals surface area (Å²) in [7, 11) is 0. The minimum atomic E-state index is -1.03. The van der Waals surface area contributed by atoms with Gasteiger partial charge in [-0.05, 0) is 44.9 Å². The van der Waals surface area contributed by atoms with E-state index in [9.17, 15) is 24.0 Å². The van der Waals surface area contributed by atoms with Gasteiger partial charge in [-0.2, -0.15) is 0 Å². The van der Waals surface area contributed by atoms with Gasteiger partial charge in [0.05, 0.1) is 6.61 Å². The van der Waals surface area contributed by atoms with Crippen LogP contribution in [0.1, 0.15) is 68.2 Å². The average molecular weight is 601 g/mol. The minimum Gasteiger partial charge on any atom is -0.460 e. The van der Waals surface area contributed by atoms with Crippen LogP contribution >= 0.6 is 0 Å². The molecule has 0 aromatic carbocycles. The van der Waals surface area contributed by atoms with E-state index in [4.69, 9.17) is 24.1 Å². The smallest absolute Gasteiger partial charge is 0.410 e. The van der Waals surface area contributed by atoms with E-state index in [0.717, 1.165) is 6.42 Å². The van der Waals surface area contributed by atoms with Crippen molar-refractivity contribution in [2.24, 2.45) is 11.3 Å². The maximum atomic E-state index is 11.9. The molecule has 0 rings (SSSR count). The van der Waals surface area contributed by atoms with Gasteiger partial charge in [-0.3, -0.25) is 0 Å². The zero-order chi connectivity index (χ0) is 33.0. The second kappa shape index (κ2) is 20.9. The van der Waals surface area contributed by atoms with Gasteiger partial charge in [0, 0.05) is 43.7 Å². The quantitative estimate of drug-likeness (QED) is 0.101. The highest BCUT2D eigenvalue weighted by Crippen LogP contribution is 2.26. The first-order chi connectivity index (χ1) is 19.3. The van der Waals surface area contributed by atoms with Crippen LogP contribution in [0.5, 0.6) is 0 Å². The van der Waals surface area contributed by atoms with Crippen molar-refractivity contribution >= 4 is 30.1 Å². The van der Waals surface area contributed by atoms with E-state index in [1.54, 1.807) is 6.92 Å². The maximum absolute atomic E-state index is 11.9. The van der Waals surface area contributed by atoms with Crippen molar-refractivity contribution in [3.63, 3.8) is 0 Å². The van der Waals surface area contributed by atoms with Crippen LogP contribution in [0.15, 0.2) is 36.5 Å². The van der Waals surface area contributed by atoms with Gasteiger partial charge in [0.15, 0.2) is 0 Å². The number of esters is 3. The number of nitrogens with one attached hydrogen (secondary N) is 2. The molecule has 0 heterocycles. The van der Waals surface area contributed by atoms with Gasteiger partial charge >= 0.3 is 30.1 Å². The summed E-state index contributed by atoms with van der Waals surface area (Å²) >= 11 is 0. The number of rotatable bonds is 16. The minimum absolute atomic E-state index is 0.0473. The Morgan fingerprint density at radius 1 is 0.738 bits per heavy atom. The molecular weight excluding hydrogens is 552 g/mol. The van der Waals surface area contributed by atoms with Gasteiger partial charge in [0.2, 0.25) is 12.6 Å². The standard InChI is InChI=1S/C23H38N2O8.C6H10O3/c1-14(2)19(26)30-17(6)32-21(28)24-11-10-16(5)12-23(8,9)13-25-22(29)33-18(7)31-20(27)15(3)4;1-5(2)6(8)9-4-3-7/h16-18H,1,3,10-13H2,2,4-9H3,(H,24,28)(H,25,29);7H,1,3-4H2,2H3. The molecule has 0 saturated carbocycles. The van der Waals surface area contributed by atoms with Crippen LogP contribution < -0.4 is 10.6 Å². The van der Waals surface area contributed by atoms with E-state index < -0.39 is 42.7 Å². The lowest BCUT2D eigenvalue weighted by atomic mass is 9.82. The molecule has 0 bridgehead atoms. The molecule has 0 aromatic rings. The van der Waals surface area contributed by atoms with Crippen molar-refractivity contribution in [1.29, 1.82) is 0 Å². The molecule has 0 aliphatic heterocycles. The van der Waals surface area contributed by atoms with E-state index in [2.05, 4.69) is 35.1 Å². The van der Waals surface area contributed by atoms with Crippen molar-refractivity contribution in [2.75, 3.05) is 26.3 Å².